The Hall–Kier alpha value is -1.09. The second-order valence-electron chi connectivity index (χ2n) is 5.43. The fraction of sp³-hybridized carbons (Fsp3) is 0.333. The van der Waals surface area contributed by atoms with Crippen LogP contribution >= 0.6 is 22.9 Å². The molecule has 130 valence electrons. The molecule has 24 heavy (non-hydrogen) atoms. The first-order chi connectivity index (χ1) is 11.2. The van der Waals surface area contributed by atoms with Crippen molar-refractivity contribution in [1.82, 2.24) is 4.31 Å². The van der Waals surface area contributed by atoms with Crippen LogP contribution in [0.2, 0.25) is 5.02 Å². The van der Waals surface area contributed by atoms with E-state index in [1.807, 2.05) is 17.5 Å². The number of hydrogen-bond acceptors (Lipinski definition) is 3. The van der Waals surface area contributed by atoms with Gasteiger partial charge >= 0.3 is 6.18 Å². The maximum atomic E-state index is 12.9. The molecule has 1 aliphatic heterocycles. The van der Waals surface area contributed by atoms with Crippen LogP contribution in [0.3, 0.4) is 0 Å². The van der Waals surface area contributed by atoms with Crippen molar-refractivity contribution >= 4 is 33.0 Å². The molecule has 1 aromatic carbocycles. The third-order valence-corrected chi connectivity index (χ3v) is 7.28. The molecular weight excluding hydrogens is 383 g/mol. The lowest BCUT2D eigenvalue weighted by atomic mass is 10.2. The maximum Gasteiger partial charge on any atom is 0.416 e. The first-order valence-electron chi connectivity index (χ1n) is 7.13. The van der Waals surface area contributed by atoms with Gasteiger partial charge in [-0.05, 0) is 42.5 Å². The molecule has 0 spiro atoms. The molecule has 0 N–H and O–H groups in total. The Bertz CT molecular complexity index is 835. The van der Waals surface area contributed by atoms with Crippen LogP contribution in [0, 0.1) is 0 Å². The van der Waals surface area contributed by atoms with Crippen molar-refractivity contribution in [1.29, 1.82) is 0 Å². The van der Waals surface area contributed by atoms with Gasteiger partial charge in [-0.15, -0.1) is 11.3 Å². The molecule has 1 aliphatic rings. The lowest BCUT2D eigenvalue weighted by Crippen LogP contribution is -2.30. The first kappa shape index (κ1) is 17.7. The van der Waals surface area contributed by atoms with Crippen molar-refractivity contribution in [3.63, 3.8) is 0 Å². The number of halogens is 4. The van der Waals surface area contributed by atoms with E-state index in [1.54, 1.807) is 0 Å². The van der Waals surface area contributed by atoms with Gasteiger partial charge in [0.2, 0.25) is 10.0 Å². The fourth-order valence-electron chi connectivity index (χ4n) is 2.80. The number of benzene rings is 1. The zero-order valence-electron chi connectivity index (χ0n) is 12.3. The number of hydrogen-bond donors (Lipinski definition) is 0. The SMILES string of the molecule is O=S(=O)(c1cc(C(F)(F)F)ccc1Cl)N1CCC[C@H]1c1cccs1. The lowest BCUT2D eigenvalue weighted by molar-refractivity contribution is -0.137. The molecule has 1 aromatic heterocycles. The molecule has 3 nitrogen and oxygen atoms in total. The van der Waals surface area contributed by atoms with E-state index in [2.05, 4.69) is 0 Å². The van der Waals surface area contributed by atoms with Gasteiger partial charge in [-0.3, -0.25) is 0 Å². The summed E-state index contributed by atoms with van der Waals surface area (Å²) in [6.07, 6.45) is -3.35. The third-order valence-electron chi connectivity index (χ3n) is 3.92. The van der Waals surface area contributed by atoms with E-state index < -0.39 is 26.7 Å². The Kier molecular flexibility index (Phi) is 4.67. The lowest BCUT2D eigenvalue weighted by Gasteiger charge is -2.24. The molecule has 1 saturated heterocycles. The molecule has 1 fully saturated rings. The van der Waals surface area contributed by atoms with Crippen LogP contribution in [-0.2, 0) is 16.2 Å². The minimum Gasteiger partial charge on any atom is -0.207 e. The minimum atomic E-state index is -4.63. The molecule has 1 atom stereocenters. The molecule has 2 aromatic rings. The quantitative estimate of drug-likeness (QED) is 0.737. The summed E-state index contributed by atoms with van der Waals surface area (Å²) < 4.78 is 65.8. The predicted molar refractivity (Wildman–Crippen MR) is 86.6 cm³/mol. The molecule has 0 amide bonds. The van der Waals surface area contributed by atoms with Crippen molar-refractivity contribution < 1.29 is 21.6 Å². The zero-order valence-corrected chi connectivity index (χ0v) is 14.6. The van der Waals surface area contributed by atoms with E-state index in [1.165, 1.54) is 15.6 Å². The molecular formula is C15H13ClF3NO2S2. The van der Waals surface area contributed by atoms with Crippen molar-refractivity contribution in [3.8, 4) is 0 Å². The molecule has 9 heteroatoms. The Morgan fingerprint density at radius 2 is 2.00 bits per heavy atom. The predicted octanol–water partition coefficient (Wildman–Crippen LogP) is 4.95. The second kappa shape index (κ2) is 6.33. The van der Waals surface area contributed by atoms with E-state index in [4.69, 9.17) is 11.6 Å². The third kappa shape index (κ3) is 3.20. The molecule has 2 heterocycles. The highest BCUT2D eigenvalue weighted by atomic mass is 35.5. The summed E-state index contributed by atoms with van der Waals surface area (Å²) in [5, 5.41) is 1.63. The standard InChI is InChI=1S/C15H13ClF3NO2S2/c16-11-6-5-10(15(17,18)19)9-14(11)24(21,22)20-7-1-3-12(20)13-4-2-8-23-13/h2,4-6,8-9,12H,1,3,7H2/t12-/m0/s1. The van der Waals surface area contributed by atoms with Gasteiger partial charge in [0, 0.05) is 11.4 Å². The molecule has 0 saturated carbocycles. The monoisotopic (exact) mass is 395 g/mol. The van der Waals surface area contributed by atoms with Crippen molar-refractivity contribution in [2.75, 3.05) is 6.54 Å². The van der Waals surface area contributed by atoms with E-state index in [0.717, 1.165) is 17.0 Å². The van der Waals surface area contributed by atoms with Crippen molar-refractivity contribution in [2.45, 2.75) is 30.0 Å². The molecule has 0 unspecified atom stereocenters. The topological polar surface area (TPSA) is 37.4 Å². The number of alkyl halides is 3. The van der Waals surface area contributed by atoms with Gasteiger partial charge in [0.05, 0.1) is 16.6 Å². The van der Waals surface area contributed by atoms with Gasteiger partial charge in [-0.25, -0.2) is 8.42 Å². The molecule has 3 rings (SSSR count). The largest absolute Gasteiger partial charge is 0.416 e. The first-order valence-corrected chi connectivity index (χ1v) is 9.83. The minimum absolute atomic E-state index is 0.208. The van der Waals surface area contributed by atoms with Gasteiger partial charge in [0.25, 0.3) is 0 Å². The Balaban J connectivity index is 2.05. The van der Waals surface area contributed by atoms with Crippen LogP contribution in [-0.4, -0.2) is 19.3 Å². The summed E-state index contributed by atoms with van der Waals surface area (Å²) in [5.74, 6) is 0. The molecule has 0 radical (unpaired) electrons. The summed E-state index contributed by atoms with van der Waals surface area (Å²) in [6.45, 7) is 0.261. The van der Waals surface area contributed by atoms with E-state index in [9.17, 15) is 21.6 Å². The van der Waals surface area contributed by atoms with Gasteiger partial charge in [-0.2, -0.15) is 17.5 Å². The number of sulfonamides is 1. The van der Waals surface area contributed by atoms with Crippen LogP contribution in [0.15, 0.2) is 40.6 Å². The highest BCUT2D eigenvalue weighted by Crippen LogP contribution is 2.41. The normalized spacial score (nSPS) is 19.8. The number of rotatable bonds is 3. The Labute approximate surface area is 146 Å². The average Bonchev–Trinajstić information content (AvgIpc) is 3.17. The van der Waals surface area contributed by atoms with E-state index in [-0.39, 0.29) is 17.6 Å². The van der Waals surface area contributed by atoms with Gasteiger partial charge in [-0.1, -0.05) is 17.7 Å². The second-order valence-corrected chi connectivity index (χ2v) is 8.68. The highest BCUT2D eigenvalue weighted by Gasteiger charge is 2.39. The molecule has 0 bridgehead atoms. The highest BCUT2D eigenvalue weighted by molar-refractivity contribution is 7.89. The van der Waals surface area contributed by atoms with Gasteiger partial charge in [0.1, 0.15) is 4.90 Å². The fourth-order valence-corrected chi connectivity index (χ4v) is 5.91. The van der Waals surface area contributed by atoms with Gasteiger partial charge in [0.15, 0.2) is 0 Å². The van der Waals surface area contributed by atoms with Crippen LogP contribution < -0.4 is 0 Å². The van der Waals surface area contributed by atoms with Crippen molar-refractivity contribution in [2.24, 2.45) is 0 Å². The number of thiophene rings is 1. The van der Waals surface area contributed by atoms with Crippen LogP contribution in [0.5, 0.6) is 0 Å². The summed E-state index contributed by atoms with van der Waals surface area (Å²) in [4.78, 5) is 0.377. The number of nitrogens with zero attached hydrogens (tertiary/aromatic N) is 1. The van der Waals surface area contributed by atoms with Crippen molar-refractivity contribution in [3.05, 3.63) is 51.2 Å². The van der Waals surface area contributed by atoms with Crippen LogP contribution in [0.1, 0.15) is 29.3 Å². The van der Waals surface area contributed by atoms with E-state index >= 15 is 0 Å². The average molecular weight is 396 g/mol. The van der Waals surface area contributed by atoms with Crippen LogP contribution in [0.25, 0.3) is 0 Å². The Morgan fingerprint density at radius 1 is 1.25 bits per heavy atom. The summed E-state index contributed by atoms with van der Waals surface area (Å²) in [5.41, 5.74) is -1.03. The van der Waals surface area contributed by atoms with Crippen LogP contribution in [0.4, 0.5) is 13.2 Å². The maximum absolute atomic E-state index is 12.9. The summed E-state index contributed by atoms with van der Waals surface area (Å²) >= 11 is 7.34. The zero-order chi connectivity index (χ0) is 17.5. The van der Waals surface area contributed by atoms with Gasteiger partial charge < -0.3 is 0 Å². The Morgan fingerprint density at radius 3 is 2.62 bits per heavy atom. The summed E-state index contributed by atoms with van der Waals surface area (Å²) in [6, 6.07) is 5.66. The molecule has 0 aliphatic carbocycles. The smallest absolute Gasteiger partial charge is 0.207 e. The summed E-state index contributed by atoms with van der Waals surface area (Å²) in [7, 11) is -4.12. The van der Waals surface area contributed by atoms with E-state index in [0.29, 0.717) is 18.9 Å².